The zero-order valence-corrected chi connectivity index (χ0v) is 12.3. The number of phenols is 1. The van der Waals surface area contributed by atoms with E-state index in [-0.39, 0.29) is 4.90 Å². The van der Waals surface area contributed by atoms with Gasteiger partial charge in [0, 0.05) is 6.54 Å². The summed E-state index contributed by atoms with van der Waals surface area (Å²) in [6.07, 6.45) is 1.61. The molecular weight excluding hydrogens is 282 g/mol. The molecule has 112 valence electrons. The Morgan fingerprint density at radius 3 is 2.55 bits per heavy atom. The van der Waals surface area contributed by atoms with Crippen LogP contribution in [-0.4, -0.2) is 31.1 Å². The van der Waals surface area contributed by atoms with Gasteiger partial charge in [0.2, 0.25) is 10.0 Å². The molecule has 0 amide bonds. The molecule has 0 heterocycles. The third-order valence-electron chi connectivity index (χ3n) is 2.76. The number of sulfonamides is 1. The largest absolute Gasteiger partial charge is 0.507 e. The van der Waals surface area contributed by atoms with Crippen molar-refractivity contribution >= 4 is 16.0 Å². The van der Waals surface area contributed by atoms with Crippen molar-refractivity contribution < 1.29 is 23.4 Å². The molecule has 0 saturated heterocycles. The van der Waals surface area contributed by atoms with Crippen molar-refractivity contribution in [3.05, 3.63) is 23.8 Å². The molecule has 0 unspecified atom stereocenters. The number of rotatable bonds is 7. The van der Waals surface area contributed by atoms with Crippen LogP contribution in [0.4, 0.5) is 0 Å². The van der Waals surface area contributed by atoms with Crippen LogP contribution >= 0.6 is 0 Å². The van der Waals surface area contributed by atoms with Gasteiger partial charge in [0.15, 0.2) is 0 Å². The van der Waals surface area contributed by atoms with Crippen molar-refractivity contribution in [1.29, 1.82) is 0 Å². The number of benzene rings is 1. The first-order valence-corrected chi connectivity index (χ1v) is 7.78. The fourth-order valence-corrected chi connectivity index (χ4v) is 2.75. The Morgan fingerprint density at radius 1 is 1.35 bits per heavy atom. The zero-order chi connectivity index (χ0) is 15.3. The maximum atomic E-state index is 12.0. The van der Waals surface area contributed by atoms with E-state index < -0.39 is 27.3 Å². The lowest BCUT2D eigenvalue weighted by atomic mass is 10.1. The lowest BCUT2D eigenvalue weighted by molar-refractivity contribution is 0.0693. The van der Waals surface area contributed by atoms with Gasteiger partial charge in [-0.3, -0.25) is 0 Å². The fourth-order valence-electron chi connectivity index (χ4n) is 1.65. The van der Waals surface area contributed by atoms with Gasteiger partial charge >= 0.3 is 5.97 Å². The van der Waals surface area contributed by atoms with Crippen LogP contribution in [-0.2, 0) is 10.0 Å². The average molecular weight is 301 g/mol. The molecule has 1 aromatic rings. The van der Waals surface area contributed by atoms with Crippen LogP contribution in [0.15, 0.2) is 23.1 Å². The second kappa shape index (κ2) is 6.71. The van der Waals surface area contributed by atoms with E-state index >= 15 is 0 Å². The van der Waals surface area contributed by atoms with Gasteiger partial charge in [0.25, 0.3) is 0 Å². The molecule has 0 aliphatic heterocycles. The molecule has 7 heteroatoms. The molecule has 3 N–H and O–H groups in total. The zero-order valence-electron chi connectivity index (χ0n) is 11.5. The highest BCUT2D eigenvalue weighted by Crippen LogP contribution is 2.21. The van der Waals surface area contributed by atoms with Crippen LogP contribution in [0.1, 0.15) is 37.0 Å². The van der Waals surface area contributed by atoms with E-state index in [2.05, 4.69) is 4.72 Å². The van der Waals surface area contributed by atoms with Gasteiger partial charge < -0.3 is 10.2 Å². The van der Waals surface area contributed by atoms with E-state index in [4.69, 9.17) is 5.11 Å². The van der Waals surface area contributed by atoms with Crippen molar-refractivity contribution in [2.75, 3.05) is 6.54 Å². The Labute approximate surface area is 118 Å². The smallest absolute Gasteiger partial charge is 0.339 e. The lowest BCUT2D eigenvalue weighted by Gasteiger charge is -2.09. The number of hydrogen-bond donors (Lipinski definition) is 3. The Bertz CT molecular complexity index is 580. The second-order valence-electron chi connectivity index (χ2n) is 4.92. The molecule has 1 aromatic carbocycles. The van der Waals surface area contributed by atoms with E-state index in [1.165, 1.54) is 6.07 Å². The average Bonchev–Trinajstić information content (AvgIpc) is 2.34. The summed E-state index contributed by atoms with van der Waals surface area (Å²) < 4.78 is 26.4. The van der Waals surface area contributed by atoms with Crippen LogP contribution in [0.3, 0.4) is 0 Å². The Balaban J connectivity index is 2.82. The maximum absolute atomic E-state index is 12.0. The third kappa shape index (κ3) is 4.50. The first-order valence-electron chi connectivity index (χ1n) is 6.30. The van der Waals surface area contributed by atoms with E-state index in [0.717, 1.165) is 18.6 Å². The van der Waals surface area contributed by atoms with E-state index in [0.29, 0.717) is 18.9 Å². The molecule has 0 atom stereocenters. The number of nitrogens with one attached hydrogen (secondary N) is 1. The summed E-state index contributed by atoms with van der Waals surface area (Å²) in [5, 5.41) is 18.2. The highest BCUT2D eigenvalue weighted by atomic mass is 32.2. The molecule has 0 aliphatic carbocycles. The second-order valence-corrected chi connectivity index (χ2v) is 6.68. The molecule has 0 radical (unpaired) electrons. The Morgan fingerprint density at radius 2 is 2.00 bits per heavy atom. The SMILES string of the molecule is CC(C)CCCNS(=O)(=O)c1ccc(O)c(C(=O)O)c1. The minimum absolute atomic E-state index is 0.169. The molecule has 0 saturated carbocycles. The number of carbonyl (C=O) groups is 1. The summed E-state index contributed by atoms with van der Waals surface area (Å²) in [5.74, 6) is -1.34. The summed E-state index contributed by atoms with van der Waals surface area (Å²) in [4.78, 5) is 10.7. The number of carboxylic acids is 1. The van der Waals surface area contributed by atoms with Gasteiger partial charge in [-0.05, 0) is 37.0 Å². The molecule has 6 nitrogen and oxygen atoms in total. The standard InChI is InChI=1S/C13H19NO5S/c1-9(2)4-3-7-14-20(18,19)10-5-6-12(15)11(8-10)13(16)17/h5-6,8-9,14-15H,3-4,7H2,1-2H3,(H,16,17). The summed E-state index contributed by atoms with van der Waals surface area (Å²) in [6.45, 7) is 4.39. The Kier molecular flexibility index (Phi) is 5.52. The first-order chi connectivity index (χ1) is 9.24. The topological polar surface area (TPSA) is 104 Å². The normalized spacial score (nSPS) is 11.8. The maximum Gasteiger partial charge on any atom is 0.339 e. The van der Waals surface area contributed by atoms with Gasteiger partial charge in [-0.15, -0.1) is 0 Å². The minimum Gasteiger partial charge on any atom is -0.507 e. The van der Waals surface area contributed by atoms with Crippen molar-refractivity contribution in [3.8, 4) is 5.75 Å². The number of aromatic carboxylic acids is 1. The van der Waals surface area contributed by atoms with Crippen LogP contribution in [0.2, 0.25) is 0 Å². The molecule has 0 spiro atoms. The van der Waals surface area contributed by atoms with Crippen LogP contribution in [0.25, 0.3) is 0 Å². The summed E-state index contributed by atoms with van der Waals surface area (Å²) in [6, 6.07) is 3.18. The molecule has 0 bridgehead atoms. The van der Waals surface area contributed by atoms with Gasteiger partial charge in [-0.1, -0.05) is 13.8 Å². The Hall–Kier alpha value is -1.60. The van der Waals surface area contributed by atoms with Crippen LogP contribution in [0, 0.1) is 5.92 Å². The molecule has 1 rings (SSSR count). The fraction of sp³-hybridized carbons (Fsp3) is 0.462. The van der Waals surface area contributed by atoms with Gasteiger partial charge in [0.05, 0.1) is 4.90 Å². The third-order valence-corrected chi connectivity index (χ3v) is 4.22. The van der Waals surface area contributed by atoms with Gasteiger partial charge in [0.1, 0.15) is 11.3 Å². The van der Waals surface area contributed by atoms with Crippen molar-refractivity contribution in [2.45, 2.75) is 31.6 Å². The molecule has 0 fully saturated rings. The summed E-state index contributed by atoms with van der Waals surface area (Å²) >= 11 is 0. The van der Waals surface area contributed by atoms with Crippen molar-refractivity contribution in [2.24, 2.45) is 5.92 Å². The first kappa shape index (κ1) is 16.5. The monoisotopic (exact) mass is 301 g/mol. The number of carboxylic acid groups (broad SMARTS) is 1. The van der Waals surface area contributed by atoms with Crippen molar-refractivity contribution in [3.63, 3.8) is 0 Å². The predicted octanol–water partition coefficient (Wildman–Crippen LogP) is 1.80. The van der Waals surface area contributed by atoms with E-state index in [1.54, 1.807) is 0 Å². The molecule has 0 aliphatic rings. The number of aromatic hydroxyl groups is 1. The van der Waals surface area contributed by atoms with E-state index in [9.17, 15) is 18.3 Å². The van der Waals surface area contributed by atoms with Crippen molar-refractivity contribution in [1.82, 2.24) is 4.72 Å². The van der Waals surface area contributed by atoms with E-state index in [1.807, 2.05) is 13.8 Å². The minimum atomic E-state index is -3.76. The lowest BCUT2D eigenvalue weighted by Crippen LogP contribution is -2.25. The van der Waals surface area contributed by atoms with Gasteiger partial charge in [-0.25, -0.2) is 17.9 Å². The van der Waals surface area contributed by atoms with Crippen LogP contribution < -0.4 is 4.72 Å². The van der Waals surface area contributed by atoms with Crippen LogP contribution in [0.5, 0.6) is 5.75 Å². The summed E-state index contributed by atoms with van der Waals surface area (Å²) in [5.41, 5.74) is -0.435. The highest BCUT2D eigenvalue weighted by Gasteiger charge is 2.18. The summed E-state index contributed by atoms with van der Waals surface area (Å²) in [7, 11) is -3.76. The predicted molar refractivity (Wildman–Crippen MR) is 74.3 cm³/mol. The quantitative estimate of drug-likeness (QED) is 0.666. The van der Waals surface area contributed by atoms with Gasteiger partial charge in [-0.2, -0.15) is 0 Å². The molecule has 0 aromatic heterocycles. The molecule has 20 heavy (non-hydrogen) atoms. The molecular formula is C13H19NO5S. The number of hydrogen-bond acceptors (Lipinski definition) is 4. The highest BCUT2D eigenvalue weighted by molar-refractivity contribution is 7.89.